The van der Waals surface area contributed by atoms with Crippen LogP contribution in [0.25, 0.3) is 0 Å². The van der Waals surface area contributed by atoms with Crippen molar-refractivity contribution < 1.29 is 9.53 Å². The van der Waals surface area contributed by atoms with E-state index in [0.717, 1.165) is 23.4 Å². The second-order valence-electron chi connectivity index (χ2n) is 4.44. The lowest BCUT2D eigenvalue weighted by Gasteiger charge is -2.21. The Bertz CT molecular complexity index is 419. The first-order valence-corrected chi connectivity index (χ1v) is 6.76. The van der Waals surface area contributed by atoms with Gasteiger partial charge in [-0.1, -0.05) is 0 Å². The van der Waals surface area contributed by atoms with E-state index in [1.165, 1.54) is 0 Å². The molecule has 0 heterocycles. The van der Waals surface area contributed by atoms with E-state index in [4.69, 9.17) is 4.74 Å². The predicted molar refractivity (Wildman–Crippen MR) is 78.8 cm³/mol. The Balaban J connectivity index is 2.85. The number of benzene rings is 1. The number of rotatable bonds is 7. The molecule has 106 valence electrons. The molecule has 1 amide bonds. The van der Waals surface area contributed by atoms with Crippen molar-refractivity contribution in [3.63, 3.8) is 0 Å². The quantitative estimate of drug-likeness (QED) is 0.823. The first-order valence-electron chi connectivity index (χ1n) is 6.76. The van der Waals surface area contributed by atoms with Crippen LogP contribution in [0.3, 0.4) is 0 Å². The summed E-state index contributed by atoms with van der Waals surface area (Å²) in [6, 6.07) is 5.86. The average Bonchev–Trinajstić information content (AvgIpc) is 2.40. The minimum atomic E-state index is 0.0695. The van der Waals surface area contributed by atoms with Crippen molar-refractivity contribution in [3.05, 3.63) is 29.3 Å². The second kappa shape index (κ2) is 7.79. The van der Waals surface area contributed by atoms with E-state index in [1.54, 1.807) is 12.0 Å². The third-order valence-electron chi connectivity index (χ3n) is 3.07. The maximum atomic E-state index is 12.4. The standard InChI is InChI=1S/C15H24N2O2/c1-5-16-13-7-8-14(12(3)11-13)15(18)17(6-2)9-10-19-4/h7-8,11,16H,5-6,9-10H2,1-4H3. The van der Waals surface area contributed by atoms with Crippen LogP contribution in [0, 0.1) is 6.92 Å². The molecule has 0 bridgehead atoms. The van der Waals surface area contributed by atoms with E-state index in [9.17, 15) is 4.79 Å². The van der Waals surface area contributed by atoms with Gasteiger partial charge in [-0.2, -0.15) is 0 Å². The van der Waals surface area contributed by atoms with Crippen molar-refractivity contribution in [2.75, 3.05) is 38.7 Å². The number of anilines is 1. The SMILES string of the molecule is CCNc1ccc(C(=O)N(CC)CCOC)c(C)c1. The van der Waals surface area contributed by atoms with Crippen molar-refractivity contribution in [1.29, 1.82) is 0 Å². The number of likely N-dealkylation sites (N-methyl/N-ethyl adjacent to an activating group) is 1. The Morgan fingerprint density at radius 2 is 2.11 bits per heavy atom. The summed E-state index contributed by atoms with van der Waals surface area (Å²) in [6.07, 6.45) is 0. The molecule has 0 fully saturated rings. The molecular weight excluding hydrogens is 240 g/mol. The van der Waals surface area contributed by atoms with E-state index < -0.39 is 0 Å². The highest BCUT2D eigenvalue weighted by molar-refractivity contribution is 5.96. The van der Waals surface area contributed by atoms with Gasteiger partial charge in [0.25, 0.3) is 5.91 Å². The zero-order valence-electron chi connectivity index (χ0n) is 12.3. The van der Waals surface area contributed by atoms with Gasteiger partial charge in [-0.25, -0.2) is 0 Å². The van der Waals surface area contributed by atoms with E-state index in [-0.39, 0.29) is 5.91 Å². The molecule has 19 heavy (non-hydrogen) atoms. The summed E-state index contributed by atoms with van der Waals surface area (Å²) in [6.45, 7) is 8.76. The zero-order chi connectivity index (χ0) is 14.3. The van der Waals surface area contributed by atoms with Gasteiger partial charge in [0.05, 0.1) is 6.61 Å². The van der Waals surface area contributed by atoms with Crippen LogP contribution in [0.5, 0.6) is 0 Å². The average molecular weight is 264 g/mol. The number of nitrogens with one attached hydrogen (secondary N) is 1. The summed E-state index contributed by atoms with van der Waals surface area (Å²) in [5, 5.41) is 3.25. The van der Waals surface area contributed by atoms with Crippen molar-refractivity contribution in [1.82, 2.24) is 4.90 Å². The molecule has 0 saturated carbocycles. The van der Waals surface area contributed by atoms with Crippen molar-refractivity contribution >= 4 is 11.6 Å². The fourth-order valence-electron chi connectivity index (χ4n) is 1.99. The van der Waals surface area contributed by atoms with Crippen LogP contribution in [0.4, 0.5) is 5.69 Å². The predicted octanol–water partition coefficient (Wildman–Crippen LogP) is 2.54. The third-order valence-corrected chi connectivity index (χ3v) is 3.07. The van der Waals surface area contributed by atoms with Crippen LogP contribution in [0.1, 0.15) is 29.8 Å². The molecule has 1 rings (SSSR count). The lowest BCUT2D eigenvalue weighted by Crippen LogP contribution is -2.34. The van der Waals surface area contributed by atoms with E-state index in [2.05, 4.69) is 12.2 Å². The number of hydrogen-bond acceptors (Lipinski definition) is 3. The zero-order valence-corrected chi connectivity index (χ0v) is 12.3. The maximum absolute atomic E-state index is 12.4. The minimum Gasteiger partial charge on any atom is -0.385 e. The molecule has 0 spiro atoms. The normalized spacial score (nSPS) is 10.3. The van der Waals surface area contributed by atoms with Crippen molar-refractivity contribution in [2.45, 2.75) is 20.8 Å². The smallest absolute Gasteiger partial charge is 0.254 e. The summed E-state index contributed by atoms with van der Waals surface area (Å²) in [5.41, 5.74) is 2.82. The van der Waals surface area contributed by atoms with Crippen LogP contribution in [0.2, 0.25) is 0 Å². The maximum Gasteiger partial charge on any atom is 0.254 e. The molecule has 0 radical (unpaired) electrons. The van der Waals surface area contributed by atoms with Crippen molar-refractivity contribution in [3.8, 4) is 0 Å². The van der Waals surface area contributed by atoms with Gasteiger partial charge in [-0.05, 0) is 44.5 Å². The molecule has 0 aliphatic heterocycles. The van der Waals surface area contributed by atoms with Gasteiger partial charge in [0.2, 0.25) is 0 Å². The topological polar surface area (TPSA) is 41.6 Å². The van der Waals surface area contributed by atoms with Crippen LogP contribution in [0.15, 0.2) is 18.2 Å². The molecule has 0 aliphatic carbocycles. The van der Waals surface area contributed by atoms with Gasteiger partial charge < -0.3 is 15.0 Å². The van der Waals surface area contributed by atoms with E-state index in [1.807, 2.05) is 32.0 Å². The molecule has 1 aromatic carbocycles. The summed E-state index contributed by atoms with van der Waals surface area (Å²) in [7, 11) is 1.65. The summed E-state index contributed by atoms with van der Waals surface area (Å²) >= 11 is 0. The van der Waals surface area contributed by atoms with Crippen LogP contribution in [-0.4, -0.2) is 44.2 Å². The molecule has 1 N–H and O–H groups in total. The molecule has 0 atom stereocenters. The third kappa shape index (κ3) is 4.24. The number of amides is 1. The van der Waals surface area contributed by atoms with E-state index in [0.29, 0.717) is 19.7 Å². The Hall–Kier alpha value is -1.55. The first-order chi connectivity index (χ1) is 9.13. The largest absolute Gasteiger partial charge is 0.385 e. The molecular formula is C15H24N2O2. The van der Waals surface area contributed by atoms with Crippen LogP contribution in [-0.2, 0) is 4.74 Å². The number of hydrogen-bond donors (Lipinski definition) is 1. The van der Waals surface area contributed by atoms with Gasteiger partial charge in [-0.3, -0.25) is 4.79 Å². The number of carbonyl (C=O) groups is 1. The Morgan fingerprint density at radius 3 is 2.63 bits per heavy atom. The molecule has 0 aromatic heterocycles. The van der Waals surface area contributed by atoms with Crippen LogP contribution >= 0.6 is 0 Å². The van der Waals surface area contributed by atoms with Gasteiger partial charge in [-0.15, -0.1) is 0 Å². The molecule has 4 heteroatoms. The monoisotopic (exact) mass is 264 g/mol. The molecule has 0 aliphatic rings. The summed E-state index contributed by atoms with van der Waals surface area (Å²) < 4.78 is 5.04. The number of ether oxygens (including phenoxy) is 1. The fourth-order valence-corrected chi connectivity index (χ4v) is 1.99. The van der Waals surface area contributed by atoms with Gasteiger partial charge in [0, 0.05) is 38.0 Å². The lowest BCUT2D eigenvalue weighted by molar-refractivity contribution is 0.0706. The van der Waals surface area contributed by atoms with Gasteiger partial charge >= 0.3 is 0 Å². The first kappa shape index (κ1) is 15.5. The van der Waals surface area contributed by atoms with Gasteiger partial charge in [0.1, 0.15) is 0 Å². The Morgan fingerprint density at radius 1 is 1.37 bits per heavy atom. The number of aryl methyl sites for hydroxylation is 1. The Labute approximate surface area is 115 Å². The summed E-state index contributed by atoms with van der Waals surface area (Å²) in [4.78, 5) is 14.2. The number of nitrogens with zero attached hydrogens (tertiary/aromatic N) is 1. The fraction of sp³-hybridized carbons (Fsp3) is 0.533. The highest BCUT2D eigenvalue weighted by Crippen LogP contribution is 2.17. The summed E-state index contributed by atoms with van der Waals surface area (Å²) in [5.74, 6) is 0.0695. The molecule has 4 nitrogen and oxygen atoms in total. The molecule has 1 aromatic rings. The van der Waals surface area contributed by atoms with Gasteiger partial charge in [0.15, 0.2) is 0 Å². The van der Waals surface area contributed by atoms with Crippen molar-refractivity contribution in [2.24, 2.45) is 0 Å². The molecule has 0 saturated heterocycles. The second-order valence-corrected chi connectivity index (χ2v) is 4.44. The highest BCUT2D eigenvalue weighted by atomic mass is 16.5. The lowest BCUT2D eigenvalue weighted by atomic mass is 10.1. The van der Waals surface area contributed by atoms with E-state index >= 15 is 0 Å². The highest BCUT2D eigenvalue weighted by Gasteiger charge is 2.15. The number of carbonyl (C=O) groups excluding carboxylic acids is 1. The molecule has 0 unspecified atom stereocenters. The minimum absolute atomic E-state index is 0.0695. The Kier molecular flexibility index (Phi) is 6.36. The number of methoxy groups -OCH3 is 1. The van der Waals surface area contributed by atoms with Crippen LogP contribution < -0.4 is 5.32 Å².